The number of aliphatic hydroxyl groups is 3. The minimum absolute atomic E-state index is 0.00671. The predicted molar refractivity (Wildman–Crippen MR) is 142 cm³/mol. The van der Waals surface area contributed by atoms with Crippen LogP contribution >= 0.6 is 0 Å². The molecule has 1 aliphatic carbocycles. The van der Waals surface area contributed by atoms with Crippen molar-refractivity contribution in [2.45, 2.75) is 78.2 Å². The Kier molecular flexibility index (Phi) is 9.30. The molecule has 0 aliphatic heterocycles. The molecule has 2 aromatic carbocycles. The lowest BCUT2D eigenvalue weighted by atomic mass is 9.83. The molecule has 0 fully saturated rings. The van der Waals surface area contributed by atoms with Crippen LogP contribution in [0.4, 0.5) is 0 Å². The lowest BCUT2D eigenvalue weighted by Gasteiger charge is -2.27. The van der Waals surface area contributed by atoms with Gasteiger partial charge in [-0.15, -0.1) is 0 Å². The lowest BCUT2D eigenvalue weighted by Crippen LogP contribution is -2.23. The van der Waals surface area contributed by atoms with Gasteiger partial charge in [0.15, 0.2) is 0 Å². The van der Waals surface area contributed by atoms with Gasteiger partial charge in [-0.05, 0) is 95.9 Å². The van der Waals surface area contributed by atoms with Gasteiger partial charge in [0.2, 0.25) is 0 Å². The summed E-state index contributed by atoms with van der Waals surface area (Å²) in [6.07, 6.45) is 10.5. The molecule has 3 rings (SSSR count). The third kappa shape index (κ3) is 5.89. The fraction of sp³-hybridized carbons (Fsp3) is 0.484. The molecule has 3 nitrogen and oxygen atoms in total. The summed E-state index contributed by atoms with van der Waals surface area (Å²) in [4.78, 5) is 0. The molecule has 0 amide bonds. The zero-order valence-electron chi connectivity index (χ0n) is 21.4. The molecule has 0 aromatic heterocycles. The zero-order chi connectivity index (χ0) is 24.7. The molecule has 0 radical (unpaired) electrons. The Morgan fingerprint density at radius 3 is 2.32 bits per heavy atom. The molecule has 34 heavy (non-hydrogen) atoms. The molecule has 0 unspecified atom stereocenters. The second kappa shape index (κ2) is 12.0. The van der Waals surface area contributed by atoms with Crippen molar-refractivity contribution in [3.05, 3.63) is 82.0 Å². The van der Waals surface area contributed by atoms with Gasteiger partial charge >= 0.3 is 0 Å². The summed E-state index contributed by atoms with van der Waals surface area (Å²) in [7, 11) is 0. The van der Waals surface area contributed by atoms with E-state index in [0.717, 1.165) is 48.8 Å². The fourth-order valence-corrected chi connectivity index (χ4v) is 5.16. The van der Waals surface area contributed by atoms with E-state index in [2.05, 4.69) is 70.2 Å². The first-order valence-corrected chi connectivity index (χ1v) is 13.0. The minimum atomic E-state index is -0.761. The summed E-state index contributed by atoms with van der Waals surface area (Å²) in [6.45, 7) is 8.50. The predicted octanol–water partition coefficient (Wildman–Crippen LogP) is 6.41. The maximum atomic E-state index is 11.1. The van der Waals surface area contributed by atoms with E-state index in [1.54, 1.807) is 0 Å². The number of aryl methyl sites for hydroxylation is 3. The molecule has 1 aliphatic rings. The molecular weight excluding hydrogens is 420 g/mol. The maximum absolute atomic E-state index is 11.1. The van der Waals surface area contributed by atoms with Gasteiger partial charge in [0.05, 0.1) is 18.8 Å². The zero-order valence-corrected chi connectivity index (χ0v) is 21.4. The van der Waals surface area contributed by atoms with Crippen molar-refractivity contribution in [1.29, 1.82) is 0 Å². The van der Waals surface area contributed by atoms with Crippen molar-refractivity contribution in [3.63, 3.8) is 0 Å². The number of benzene rings is 2. The fourth-order valence-electron chi connectivity index (χ4n) is 5.16. The van der Waals surface area contributed by atoms with Gasteiger partial charge in [0, 0.05) is 0 Å². The van der Waals surface area contributed by atoms with Gasteiger partial charge < -0.3 is 15.3 Å². The van der Waals surface area contributed by atoms with Crippen LogP contribution in [0.25, 0.3) is 11.1 Å². The molecule has 1 atom stereocenters. The SMILES string of the molecule is CCCc1cc(C(O)(CC)CC)ccc1-c1cc(CC[C@@H]2C=CC(CO)=C(CO)C2)ccc1C. The quantitative estimate of drug-likeness (QED) is 0.361. The summed E-state index contributed by atoms with van der Waals surface area (Å²) >= 11 is 0. The van der Waals surface area contributed by atoms with Gasteiger partial charge in [-0.2, -0.15) is 0 Å². The highest BCUT2D eigenvalue weighted by Gasteiger charge is 2.25. The Morgan fingerprint density at radius 1 is 0.912 bits per heavy atom. The van der Waals surface area contributed by atoms with Crippen LogP contribution in [0.3, 0.4) is 0 Å². The van der Waals surface area contributed by atoms with E-state index in [9.17, 15) is 15.3 Å². The summed E-state index contributed by atoms with van der Waals surface area (Å²) in [5, 5.41) is 30.2. The molecule has 0 spiro atoms. The summed E-state index contributed by atoms with van der Waals surface area (Å²) < 4.78 is 0. The van der Waals surface area contributed by atoms with Crippen molar-refractivity contribution in [2.75, 3.05) is 13.2 Å². The first kappa shape index (κ1) is 26.4. The van der Waals surface area contributed by atoms with Gasteiger partial charge in [0.1, 0.15) is 0 Å². The number of hydrogen-bond acceptors (Lipinski definition) is 3. The highest BCUT2D eigenvalue weighted by atomic mass is 16.3. The first-order valence-electron chi connectivity index (χ1n) is 13.0. The Balaban J connectivity index is 1.85. The van der Waals surface area contributed by atoms with Gasteiger partial charge in [0.25, 0.3) is 0 Å². The van der Waals surface area contributed by atoms with Crippen LogP contribution in [0, 0.1) is 12.8 Å². The molecule has 184 valence electrons. The summed E-state index contributed by atoms with van der Waals surface area (Å²) in [5.74, 6) is 0.387. The number of hydrogen-bond donors (Lipinski definition) is 3. The van der Waals surface area contributed by atoms with Crippen molar-refractivity contribution in [1.82, 2.24) is 0 Å². The first-order chi connectivity index (χ1) is 16.4. The molecule has 0 heterocycles. The van der Waals surface area contributed by atoms with E-state index < -0.39 is 5.60 Å². The molecule has 0 saturated heterocycles. The van der Waals surface area contributed by atoms with Crippen LogP contribution in [0.5, 0.6) is 0 Å². The average molecular weight is 463 g/mol. The molecular formula is C31H42O3. The second-order valence-electron chi connectivity index (χ2n) is 9.82. The molecule has 2 aromatic rings. The van der Waals surface area contributed by atoms with Crippen LogP contribution in [-0.4, -0.2) is 28.5 Å². The number of aliphatic hydroxyl groups excluding tert-OH is 2. The topological polar surface area (TPSA) is 60.7 Å². The maximum Gasteiger partial charge on any atom is 0.0891 e. The highest BCUT2D eigenvalue weighted by Crippen LogP contribution is 2.35. The summed E-state index contributed by atoms with van der Waals surface area (Å²) in [6, 6.07) is 13.3. The van der Waals surface area contributed by atoms with Gasteiger partial charge in [-0.1, -0.05) is 75.7 Å². The lowest BCUT2D eigenvalue weighted by molar-refractivity contribution is 0.0283. The normalized spacial score (nSPS) is 16.4. The summed E-state index contributed by atoms with van der Waals surface area (Å²) in [5.41, 5.74) is 8.54. The molecule has 3 N–H and O–H groups in total. The average Bonchev–Trinajstić information content (AvgIpc) is 2.87. The number of rotatable bonds is 11. The van der Waals surface area contributed by atoms with Gasteiger partial charge in [-0.3, -0.25) is 0 Å². The Morgan fingerprint density at radius 2 is 1.68 bits per heavy atom. The van der Waals surface area contributed by atoms with Crippen LogP contribution in [0.1, 0.15) is 75.1 Å². The third-order valence-corrected chi connectivity index (χ3v) is 7.62. The Hall–Kier alpha value is -2.20. The molecule has 0 bridgehead atoms. The standard InChI is InChI=1S/C31H42O3/c1-5-8-25-19-28(31(34,6-2)7-3)15-16-29(25)30-18-24(10-9-22(30)4)12-11-23-13-14-26(20-32)27(17-23)21-33/h9-10,13-16,18-19,23,32-34H,5-8,11-12,17,20-21H2,1-4H3/t23-/m1/s1. The van der Waals surface area contributed by atoms with E-state index in [0.29, 0.717) is 18.8 Å². The van der Waals surface area contributed by atoms with Crippen molar-refractivity contribution < 1.29 is 15.3 Å². The second-order valence-corrected chi connectivity index (χ2v) is 9.82. The monoisotopic (exact) mass is 462 g/mol. The van der Waals surface area contributed by atoms with E-state index in [4.69, 9.17) is 0 Å². The van der Waals surface area contributed by atoms with E-state index in [-0.39, 0.29) is 13.2 Å². The largest absolute Gasteiger partial charge is 0.392 e. The van der Waals surface area contributed by atoms with Crippen LogP contribution < -0.4 is 0 Å². The van der Waals surface area contributed by atoms with Crippen LogP contribution in [-0.2, 0) is 18.4 Å². The minimum Gasteiger partial charge on any atom is -0.392 e. The Labute approximate surface area is 205 Å². The highest BCUT2D eigenvalue weighted by molar-refractivity contribution is 5.72. The van der Waals surface area contributed by atoms with E-state index in [1.165, 1.54) is 27.8 Å². The van der Waals surface area contributed by atoms with Crippen LogP contribution in [0.15, 0.2) is 59.7 Å². The van der Waals surface area contributed by atoms with Gasteiger partial charge in [-0.25, -0.2) is 0 Å². The van der Waals surface area contributed by atoms with Crippen LogP contribution in [0.2, 0.25) is 0 Å². The van der Waals surface area contributed by atoms with E-state index in [1.807, 2.05) is 6.08 Å². The van der Waals surface area contributed by atoms with Crippen molar-refractivity contribution >= 4 is 0 Å². The van der Waals surface area contributed by atoms with Crippen molar-refractivity contribution in [2.24, 2.45) is 5.92 Å². The third-order valence-electron chi connectivity index (χ3n) is 7.62. The van der Waals surface area contributed by atoms with E-state index >= 15 is 0 Å². The number of allylic oxidation sites excluding steroid dienone is 1. The molecule has 3 heteroatoms. The Bertz CT molecular complexity index is 1030. The smallest absolute Gasteiger partial charge is 0.0891 e. The van der Waals surface area contributed by atoms with Crippen molar-refractivity contribution in [3.8, 4) is 11.1 Å². The molecule has 0 saturated carbocycles.